The van der Waals surface area contributed by atoms with Crippen molar-refractivity contribution in [3.05, 3.63) is 64.2 Å². The molecule has 1 saturated heterocycles. The van der Waals surface area contributed by atoms with Gasteiger partial charge in [0.15, 0.2) is 11.5 Å². The molecule has 9 heteroatoms. The number of hydrogen-bond donors (Lipinski definition) is 2. The monoisotopic (exact) mass is 445 g/mol. The lowest BCUT2D eigenvalue weighted by molar-refractivity contribution is -0.142. The molecule has 0 radical (unpaired) electrons. The molecule has 0 spiro atoms. The van der Waals surface area contributed by atoms with Crippen LogP contribution in [0.4, 0.5) is 0 Å². The van der Waals surface area contributed by atoms with Crippen LogP contribution in [-0.4, -0.2) is 53.5 Å². The molecule has 1 amide bonds. The lowest BCUT2D eigenvalue weighted by Gasteiger charge is -2.25. The first-order valence-corrected chi connectivity index (χ1v) is 9.64. The fourth-order valence-electron chi connectivity index (χ4n) is 3.46. The van der Waals surface area contributed by atoms with E-state index in [1.165, 1.54) is 26.4 Å². The largest absolute Gasteiger partial charge is 0.507 e. The second kappa shape index (κ2) is 9.09. The van der Waals surface area contributed by atoms with Crippen molar-refractivity contribution in [3.63, 3.8) is 0 Å². The maximum atomic E-state index is 12.9. The van der Waals surface area contributed by atoms with Crippen LogP contribution in [0.25, 0.3) is 5.76 Å². The third kappa shape index (κ3) is 4.34. The van der Waals surface area contributed by atoms with Crippen LogP contribution in [0.5, 0.6) is 11.5 Å². The maximum absolute atomic E-state index is 12.9. The van der Waals surface area contributed by atoms with Gasteiger partial charge >= 0.3 is 5.97 Å². The summed E-state index contributed by atoms with van der Waals surface area (Å²) in [5, 5.41) is 20.4. The van der Waals surface area contributed by atoms with Gasteiger partial charge in [-0.15, -0.1) is 0 Å². The number of likely N-dealkylation sites (tertiary alicyclic amines) is 1. The van der Waals surface area contributed by atoms with E-state index in [9.17, 15) is 19.5 Å². The Labute approximate surface area is 183 Å². The van der Waals surface area contributed by atoms with E-state index in [2.05, 4.69) is 0 Å². The number of carboxylic acid groups (broad SMARTS) is 1. The van der Waals surface area contributed by atoms with E-state index in [0.717, 1.165) is 4.90 Å². The third-order valence-electron chi connectivity index (χ3n) is 4.95. The number of amides is 1. The van der Waals surface area contributed by atoms with Gasteiger partial charge in [-0.2, -0.15) is 0 Å². The van der Waals surface area contributed by atoms with E-state index in [1.54, 1.807) is 30.3 Å². The Morgan fingerprint density at radius 3 is 2.26 bits per heavy atom. The molecule has 1 heterocycles. The number of rotatable bonds is 7. The summed E-state index contributed by atoms with van der Waals surface area (Å²) in [5.41, 5.74) is 0.605. The number of ether oxygens (including phenoxy) is 2. The number of benzene rings is 2. The molecule has 0 bridgehead atoms. The Morgan fingerprint density at radius 1 is 1.03 bits per heavy atom. The highest BCUT2D eigenvalue weighted by Crippen LogP contribution is 2.42. The average Bonchev–Trinajstić information content (AvgIpc) is 3.01. The molecule has 0 aliphatic carbocycles. The predicted octanol–water partition coefficient (Wildman–Crippen LogP) is 3.25. The number of aliphatic carboxylic acids is 1. The number of halogens is 1. The molecular weight excluding hydrogens is 426 g/mol. The van der Waals surface area contributed by atoms with Crippen LogP contribution in [0.2, 0.25) is 5.02 Å². The van der Waals surface area contributed by atoms with E-state index in [-0.39, 0.29) is 24.3 Å². The molecule has 2 aromatic rings. The van der Waals surface area contributed by atoms with Gasteiger partial charge in [0.1, 0.15) is 5.76 Å². The van der Waals surface area contributed by atoms with Crippen LogP contribution in [0.1, 0.15) is 23.6 Å². The molecule has 2 N–H and O–H groups in total. The summed E-state index contributed by atoms with van der Waals surface area (Å²) in [6.07, 6.45) is -0.363. The van der Waals surface area contributed by atoms with Gasteiger partial charge in [-0.1, -0.05) is 17.7 Å². The third-order valence-corrected chi connectivity index (χ3v) is 5.20. The fraction of sp³-hybridized carbons (Fsp3) is 0.227. The van der Waals surface area contributed by atoms with Crippen molar-refractivity contribution in [1.82, 2.24) is 4.90 Å². The highest BCUT2D eigenvalue weighted by Gasteiger charge is 2.46. The predicted molar refractivity (Wildman–Crippen MR) is 112 cm³/mol. The zero-order valence-corrected chi connectivity index (χ0v) is 17.5. The Kier molecular flexibility index (Phi) is 6.50. The van der Waals surface area contributed by atoms with Crippen molar-refractivity contribution in [3.8, 4) is 11.5 Å². The summed E-state index contributed by atoms with van der Waals surface area (Å²) < 4.78 is 10.5. The molecule has 31 heavy (non-hydrogen) atoms. The number of aliphatic hydroxyl groups is 1. The number of carbonyl (C=O) groups is 3. The molecule has 3 rings (SSSR count). The fourth-order valence-corrected chi connectivity index (χ4v) is 3.59. The Hall–Kier alpha value is -3.52. The number of aliphatic hydroxyl groups excluding tert-OH is 1. The first kappa shape index (κ1) is 22.2. The lowest BCUT2D eigenvalue weighted by Crippen LogP contribution is -2.31. The normalized spacial score (nSPS) is 17.6. The van der Waals surface area contributed by atoms with Crippen LogP contribution in [0.3, 0.4) is 0 Å². The summed E-state index contributed by atoms with van der Waals surface area (Å²) in [6, 6.07) is 9.94. The summed E-state index contributed by atoms with van der Waals surface area (Å²) >= 11 is 5.90. The summed E-state index contributed by atoms with van der Waals surface area (Å²) in [4.78, 5) is 37.9. The zero-order chi connectivity index (χ0) is 22.7. The summed E-state index contributed by atoms with van der Waals surface area (Å²) in [6.45, 7) is -0.212. The van der Waals surface area contributed by atoms with Crippen LogP contribution < -0.4 is 9.47 Å². The number of Topliss-reactive ketones (excluding diaryl/α,β-unsaturated/α-hetero) is 1. The molecule has 0 unspecified atom stereocenters. The Morgan fingerprint density at radius 2 is 1.68 bits per heavy atom. The van der Waals surface area contributed by atoms with E-state index >= 15 is 0 Å². The molecule has 0 aromatic heterocycles. The average molecular weight is 446 g/mol. The van der Waals surface area contributed by atoms with Crippen LogP contribution >= 0.6 is 11.6 Å². The van der Waals surface area contributed by atoms with Crippen molar-refractivity contribution in [2.45, 2.75) is 12.5 Å². The van der Waals surface area contributed by atoms with E-state index in [1.807, 2.05) is 0 Å². The molecule has 1 aliphatic rings. The SMILES string of the molecule is COc1ccc([C@H]2C(=C(O)c3ccc(Cl)cc3)C(=O)C(=O)N2CCC(=O)O)cc1OC. The van der Waals surface area contributed by atoms with Gasteiger partial charge in [0.05, 0.1) is 32.3 Å². The maximum Gasteiger partial charge on any atom is 0.305 e. The number of methoxy groups -OCH3 is 2. The minimum atomic E-state index is -1.12. The highest BCUT2D eigenvalue weighted by atomic mass is 35.5. The number of nitrogens with zero attached hydrogens (tertiary/aromatic N) is 1. The summed E-state index contributed by atoms with van der Waals surface area (Å²) in [5.74, 6) is -2.51. The molecule has 8 nitrogen and oxygen atoms in total. The molecular formula is C22H20ClNO7. The van der Waals surface area contributed by atoms with Gasteiger partial charge in [0, 0.05) is 17.1 Å². The standard InChI is InChI=1S/C22H20ClNO7/c1-30-15-8-5-13(11-16(15)31-2)19-18(20(27)12-3-6-14(23)7-4-12)21(28)22(29)24(19)10-9-17(25)26/h3-8,11,19,27H,9-10H2,1-2H3,(H,25,26)/t19-/m0/s1. The lowest BCUT2D eigenvalue weighted by atomic mass is 9.95. The first-order valence-electron chi connectivity index (χ1n) is 9.26. The van der Waals surface area contributed by atoms with Crippen molar-refractivity contribution < 1.29 is 34.1 Å². The van der Waals surface area contributed by atoms with Gasteiger partial charge in [-0.05, 0) is 42.0 Å². The molecule has 1 fully saturated rings. The van der Waals surface area contributed by atoms with E-state index in [0.29, 0.717) is 27.6 Å². The van der Waals surface area contributed by atoms with Crippen molar-refractivity contribution in [1.29, 1.82) is 0 Å². The molecule has 1 atom stereocenters. The Bertz CT molecular complexity index is 1060. The van der Waals surface area contributed by atoms with Crippen LogP contribution in [-0.2, 0) is 14.4 Å². The first-order chi connectivity index (χ1) is 14.8. The van der Waals surface area contributed by atoms with Gasteiger partial charge in [0.25, 0.3) is 11.7 Å². The van der Waals surface area contributed by atoms with Crippen LogP contribution in [0.15, 0.2) is 48.0 Å². The number of carbonyl (C=O) groups excluding carboxylic acids is 2. The van der Waals surface area contributed by atoms with Crippen molar-refractivity contribution in [2.75, 3.05) is 20.8 Å². The van der Waals surface area contributed by atoms with Crippen molar-refractivity contribution in [2.24, 2.45) is 0 Å². The second-order valence-corrected chi connectivity index (χ2v) is 7.19. The summed E-state index contributed by atoms with van der Waals surface area (Å²) in [7, 11) is 2.91. The van der Waals surface area contributed by atoms with Gasteiger partial charge in [0.2, 0.25) is 0 Å². The number of ketones is 1. The number of hydrogen-bond acceptors (Lipinski definition) is 6. The molecule has 2 aromatic carbocycles. The van der Waals surface area contributed by atoms with E-state index in [4.69, 9.17) is 26.2 Å². The number of carboxylic acids is 1. The second-order valence-electron chi connectivity index (χ2n) is 6.76. The van der Waals surface area contributed by atoms with Crippen LogP contribution in [0, 0.1) is 0 Å². The zero-order valence-electron chi connectivity index (χ0n) is 16.8. The topological polar surface area (TPSA) is 113 Å². The smallest absolute Gasteiger partial charge is 0.305 e. The van der Waals surface area contributed by atoms with Gasteiger partial charge in [-0.3, -0.25) is 14.4 Å². The molecule has 162 valence electrons. The Balaban J connectivity index is 2.19. The minimum Gasteiger partial charge on any atom is -0.507 e. The van der Waals surface area contributed by atoms with Gasteiger partial charge in [-0.25, -0.2) is 0 Å². The van der Waals surface area contributed by atoms with E-state index < -0.39 is 23.7 Å². The highest BCUT2D eigenvalue weighted by molar-refractivity contribution is 6.46. The molecule has 1 aliphatic heterocycles. The van der Waals surface area contributed by atoms with Crippen molar-refractivity contribution >= 4 is 35.0 Å². The van der Waals surface area contributed by atoms with Gasteiger partial charge < -0.3 is 24.6 Å². The molecule has 0 saturated carbocycles. The quantitative estimate of drug-likeness (QED) is 0.382. The minimum absolute atomic E-state index is 0.148.